The zero-order valence-corrected chi connectivity index (χ0v) is 19.4. The van der Waals surface area contributed by atoms with Gasteiger partial charge in [0, 0.05) is 30.6 Å². The summed E-state index contributed by atoms with van der Waals surface area (Å²) in [6.07, 6.45) is 2.14. The topological polar surface area (TPSA) is 91.8 Å². The number of benzene rings is 1. The van der Waals surface area contributed by atoms with Gasteiger partial charge in [-0.2, -0.15) is 4.31 Å². The van der Waals surface area contributed by atoms with Gasteiger partial charge in [0.05, 0.1) is 22.8 Å². The minimum atomic E-state index is -3.63. The third-order valence-corrected chi connectivity index (χ3v) is 8.15. The van der Waals surface area contributed by atoms with Gasteiger partial charge in [-0.05, 0) is 64.0 Å². The predicted octanol–water partition coefficient (Wildman–Crippen LogP) is 2.79. The van der Waals surface area contributed by atoms with E-state index in [4.69, 9.17) is 4.74 Å². The second-order valence-corrected chi connectivity index (χ2v) is 11.0. The van der Waals surface area contributed by atoms with E-state index < -0.39 is 10.0 Å². The van der Waals surface area contributed by atoms with Gasteiger partial charge in [0.1, 0.15) is 0 Å². The molecule has 1 N–H and O–H groups in total. The van der Waals surface area contributed by atoms with Crippen molar-refractivity contribution in [2.24, 2.45) is 0 Å². The maximum atomic E-state index is 13.0. The SMILES string of the molecule is CC1CN(S(=O)(=O)c2ccc(C(=O)Nc3nc(CN4CCCC4)cs3)cc2)CC(C)O1. The molecule has 168 valence electrons. The Morgan fingerprint density at radius 3 is 2.45 bits per heavy atom. The average Bonchev–Trinajstić information content (AvgIpc) is 3.40. The quantitative estimate of drug-likeness (QED) is 0.707. The number of aromatic nitrogens is 1. The second kappa shape index (κ2) is 9.33. The van der Waals surface area contributed by atoms with Crippen molar-refractivity contribution in [3.63, 3.8) is 0 Å². The predicted molar refractivity (Wildman–Crippen MR) is 120 cm³/mol. The largest absolute Gasteiger partial charge is 0.373 e. The van der Waals surface area contributed by atoms with Crippen molar-refractivity contribution >= 4 is 32.4 Å². The molecule has 1 aromatic heterocycles. The second-order valence-electron chi connectivity index (χ2n) is 8.19. The Morgan fingerprint density at radius 2 is 1.81 bits per heavy atom. The maximum absolute atomic E-state index is 13.0. The number of morpholine rings is 1. The van der Waals surface area contributed by atoms with E-state index in [1.165, 1.54) is 52.7 Å². The summed E-state index contributed by atoms with van der Waals surface area (Å²) < 4.78 is 33.0. The molecule has 2 saturated heterocycles. The molecule has 2 fully saturated rings. The smallest absolute Gasteiger partial charge is 0.257 e. The molecular formula is C21H28N4O4S2. The molecule has 2 aromatic rings. The fourth-order valence-electron chi connectivity index (χ4n) is 4.03. The van der Waals surface area contributed by atoms with Gasteiger partial charge in [-0.15, -0.1) is 11.3 Å². The summed E-state index contributed by atoms with van der Waals surface area (Å²) in [7, 11) is -3.63. The van der Waals surface area contributed by atoms with Crippen LogP contribution in [0.3, 0.4) is 0 Å². The first-order valence-corrected chi connectivity index (χ1v) is 12.9. The van der Waals surface area contributed by atoms with E-state index in [1.807, 2.05) is 19.2 Å². The Morgan fingerprint density at radius 1 is 1.16 bits per heavy atom. The van der Waals surface area contributed by atoms with Crippen molar-refractivity contribution in [2.45, 2.75) is 50.3 Å². The molecule has 31 heavy (non-hydrogen) atoms. The van der Waals surface area contributed by atoms with E-state index in [0.29, 0.717) is 23.8 Å². The lowest BCUT2D eigenvalue weighted by Gasteiger charge is -2.34. The van der Waals surface area contributed by atoms with Gasteiger partial charge in [0.15, 0.2) is 5.13 Å². The number of amides is 1. The molecule has 1 amide bonds. The molecule has 4 rings (SSSR count). The summed E-state index contributed by atoms with van der Waals surface area (Å²) in [6.45, 7) is 7.35. The van der Waals surface area contributed by atoms with Crippen LogP contribution in [0, 0.1) is 0 Å². The number of anilines is 1. The van der Waals surface area contributed by atoms with Gasteiger partial charge >= 0.3 is 0 Å². The molecule has 2 atom stereocenters. The van der Waals surface area contributed by atoms with Gasteiger partial charge in [0.25, 0.3) is 5.91 Å². The van der Waals surface area contributed by atoms with Crippen LogP contribution in [0.2, 0.25) is 0 Å². The van der Waals surface area contributed by atoms with Crippen LogP contribution in [-0.2, 0) is 21.3 Å². The van der Waals surface area contributed by atoms with Gasteiger partial charge in [-0.1, -0.05) is 0 Å². The minimum Gasteiger partial charge on any atom is -0.373 e. The summed E-state index contributed by atoms with van der Waals surface area (Å²) in [6, 6.07) is 6.04. The van der Waals surface area contributed by atoms with E-state index in [2.05, 4.69) is 15.2 Å². The highest BCUT2D eigenvalue weighted by molar-refractivity contribution is 7.89. The Kier molecular flexibility index (Phi) is 6.73. The van der Waals surface area contributed by atoms with Crippen molar-refractivity contribution in [3.05, 3.63) is 40.9 Å². The summed E-state index contributed by atoms with van der Waals surface area (Å²) in [5.74, 6) is -0.306. The lowest BCUT2D eigenvalue weighted by molar-refractivity contribution is -0.0440. The average molecular weight is 465 g/mol. The number of rotatable bonds is 6. The Hall–Kier alpha value is -1.85. The van der Waals surface area contributed by atoms with E-state index in [1.54, 1.807) is 0 Å². The van der Waals surface area contributed by atoms with Crippen molar-refractivity contribution < 1.29 is 17.9 Å². The Balaban J connectivity index is 1.39. The van der Waals surface area contributed by atoms with Crippen LogP contribution in [0.25, 0.3) is 0 Å². The van der Waals surface area contributed by atoms with Crippen LogP contribution in [0.4, 0.5) is 5.13 Å². The number of likely N-dealkylation sites (tertiary alicyclic amines) is 1. The lowest BCUT2D eigenvalue weighted by atomic mass is 10.2. The zero-order chi connectivity index (χ0) is 22.0. The molecule has 8 nitrogen and oxygen atoms in total. The van der Waals surface area contributed by atoms with E-state index in [0.717, 1.165) is 25.3 Å². The Bertz CT molecular complexity index is 1010. The number of hydrogen-bond acceptors (Lipinski definition) is 7. The van der Waals surface area contributed by atoms with E-state index in [9.17, 15) is 13.2 Å². The van der Waals surface area contributed by atoms with Crippen LogP contribution in [0.1, 0.15) is 42.7 Å². The third-order valence-electron chi connectivity index (χ3n) is 5.50. The van der Waals surface area contributed by atoms with E-state index in [-0.39, 0.29) is 23.0 Å². The molecule has 2 aliphatic rings. The molecule has 3 heterocycles. The van der Waals surface area contributed by atoms with Gasteiger partial charge in [-0.25, -0.2) is 13.4 Å². The summed E-state index contributed by atoms with van der Waals surface area (Å²) in [5, 5.41) is 5.32. The molecule has 1 aromatic carbocycles. The standard InChI is InChI=1S/C21H28N4O4S2/c1-15-11-25(12-16(2)29-15)31(27,28)19-7-5-17(6-8-19)20(26)23-21-22-18(14-30-21)13-24-9-3-4-10-24/h5-8,14-16H,3-4,9-13H2,1-2H3,(H,22,23,26). The number of sulfonamides is 1. The third kappa shape index (κ3) is 5.32. The summed E-state index contributed by atoms with van der Waals surface area (Å²) >= 11 is 1.40. The molecule has 0 spiro atoms. The normalized spacial score (nSPS) is 23.2. The highest BCUT2D eigenvalue weighted by atomic mass is 32.2. The maximum Gasteiger partial charge on any atom is 0.257 e. The molecule has 0 saturated carbocycles. The molecule has 0 radical (unpaired) electrons. The summed E-state index contributed by atoms with van der Waals surface area (Å²) in [4.78, 5) is 19.6. The highest BCUT2D eigenvalue weighted by Crippen LogP contribution is 2.23. The van der Waals surface area contributed by atoms with Gasteiger partial charge < -0.3 is 4.74 Å². The fraction of sp³-hybridized carbons (Fsp3) is 0.524. The Labute approximate surface area is 187 Å². The van der Waals surface area contributed by atoms with Crippen LogP contribution < -0.4 is 5.32 Å². The number of nitrogens with one attached hydrogen (secondary N) is 1. The van der Waals surface area contributed by atoms with Crippen molar-refractivity contribution in [1.29, 1.82) is 0 Å². The number of thiazole rings is 1. The summed E-state index contributed by atoms with van der Waals surface area (Å²) in [5.41, 5.74) is 1.34. The van der Waals surface area contributed by atoms with Crippen molar-refractivity contribution in [3.8, 4) is 0 Å². The fourth-order valence-corrected chi connectivity index (χ4v) is 6.32. The molecule has 10 heteroatoms. The van der Waals surface area contributed by atoms with E-state index >= 15 is 0 Å². The molecule has 0 aliphatic carbocycles. The molecule has 2 aliphatic heterocycles. The lowest BCUT2D eigenvalue weighted by Crippen LogP contribution is -2.48. The first kappa shape index (κ1) is 22.3. The monoisotopic (exact) mass is 464 g/mol. The number of hydrogen-bond donors (Lipinski definition) is 1. The zero-order valence-electron chi connectivity index (χ0n) is 17.8. The number of nitrogens with zero attached hydrogens (tertiary/aromatic N) is 3. The number of carbonyl (C=O) groups is 1. The number of carbonyl (C=O) groups excluding carboxylic acids is 1. The minimum absolute atomic E-state index is 0.155. The van der Waals surface area contributed by atoms with Crippen LogP contribution in [0.5, 0.6) is 0 Å². The first-order valence-electron chi connectivity index (χ1n) is 10.5. The molecule has 2 unspecified atom stereocenters. The first-order chi connectivity index (χ1) is 14.8. The van der Waals surface area contributed by atoms with Crippen LogP contribution in [0.15, 0.2) is 34.5 Å². The van der Waals surface area contributed by atoms with Crippen molar-refractivity contribution in [2.75, 3.05) is 31.5 Å². The van der Waals surface area contributed by atoms with Crippen LogP contribution >= 0.6 is 11.3 Å². The van der Waals surface area contributed by atoms with Gasteiger partial charge in [0.2, 0.25) is 10.0 Å². The molecule has 0 bridgehead atoms. The highest BCUT2D eigenvalue weighted by Gasteiger charge is 2.32. The van der Waals surface area contributed by atoms with Gasteiger partial charge in [-0.3, -0.25) is 15.0 Å². The van der Waals surface area contributed by atoms with Crippen molar-refractivity contribution in [1.82, 2.24) is 14.2 Å². The number of ether oxygens (including phenoxy) is 1. The molecular weight excluding hydrogens is 436 g/mol. The van der Waals surface area contributed by atoms with Crippen LogP contribution in [-0.4, -0.2) is 66.9 Å².